The van der Waals surface area contributed by atoms with Crippen molar-refractivity contribution in [1.29, 1.82) is 0 Å². The Kier molecular flexibility index (Phi) is 3.67. The highest BCUT2D eigenvalue weighted by molar-refractivity contribution is 5.91. The van der Waals surface area contributed by atoms with Crippen LogP contribution in [0.5, 0.6) is 0 Å². The van der Waals surface area contributed by atoms with Crippen LogP contribution in [0.4, 0.5) is 19.3 Å². The van der Waals surface area contributed by atoms with Crippen LogP contribution in [0.1, 0.15) is 11.3 Å². The number of halogens is 2. The number of nitrogens with zero attached hydrogens (tertiary/aromatic N) is 2. The number of nitrogens with one attached hydrogen (secondary N) is 1. The first-order valence-corrected chi connectivity index (χ1v) is 8.11. The molecule has 1 aromatic heterocycles. The molecule has 1 aliphatic rings. The number of rotatable bonds is 1. The molecule has 6 heteroatoms. The summed E-state index contributed by atoms with van der Waals surface area (Å²) < 4.78 is 29.4. The number of aromatic nitrogens is 1. The number of para-hydroxylation sites is 1. The predicted octanol–water partition coefficient (Wildman–Crippen LogP) is 4.05. The van der Waals surface area contributed by atoms with E-state index in [2.05, 4.69) is 9.88 Å². The summed E-state index contributed by atoms with van der Waals surface area (Å²) in [5, 5.41) is 3.43. The van der Waals surface area contributed by atoms with Crippen molar-refractivity contribution in [2.45, 2.75) is 13.0 Å². The minimum absolute atomic E-state index is 0.155. The van der Waals surface area contributed by atoms with E-state index in [0.717, 1.165) is 22.2 Å². The Morgan fingerprint density at radius 1 is 1.16 bits per heavy atom. The second-order valence-electron chi connectivity index (χ2n) is 6.23. The van der Waals surface area contributed by atoms with E-state index in [4.69, 9.17) is 0 Å². The van der Waals surface area contributed by atoms with Gasteiger partial charge in [-0.25, -0.2) is 13.6 Å². The van der Waals surface area contributed by atoms with Gasteiger partial charge < -0.3 is 14.8 Å². The van der Waals surface area contributed by atoms with Gasteiger partial charge in [0.25, 0.3) is 0 Å². The lowest BCUT2D eigenvalue weighted by Gasteiger charge is -2.28. The molecule has 0 bridgehead atoms. The molecule has 4 rings (SSSR count). The largest absolute Gasteiger partial charge is 0.347 e. The van der Waals surface area contributed by atoms with Crippen molar-refractivity contribution in [1.82, 2.24) is 9.47 Å². The third kappa shape index (κ3) is 2.63. The third-order valence-corrected chi connectivity index (χ3v) is 4.77. The van der Waals surface area contributed by atoms with Gasteiger partial charge in [0.2, 0.25) is 0 Å². The van der Waals surface area contributed by atoms with Crippen LogP contribution >= 0.6 is 0 Å². The molecule has 0 unspecified atom stereocenters. The number of aryl methyl sites for hydroxylation is 1. The second kappa shape index (κ2) is 5.88. The topological polar surface area (TPSA) is 37.3 Å². The molecular formula is C19H17F2N3O. The molecule has 1 N–H and O–H groups in total. The molecule has 0 fully saturated rings. The molecule has 0 saturated heterocycles. The zero-order chi connectivity index (χ0) is 17.6. The van der Waals surface area contributed by atoms with E-state index in [9.17, 15) is 13.6 Å². The maximum absolute atomic E-state index is 13.7. The molecule has 25 heavy (non-hydrogen) atoms. The molecule has 0 aliphatic carbocycles. The molecule has 0 spiro atoms. The quantitative estimate of drug-likeness (QED) is 0.712. The number of carbonyl (C=O) groups is 1. The van der Waals surface area contributed by atoms with Crippen molar-refractivity contribution in [3.8, 4) is 0 Å². The number of amides is 2. The van der Waals surface area contributed by atoms with Crippen molar-refractivity contribution in [2.75, 3.05) is 11.9 Å². The number of urea groups is 1. The SMILES string of the molecule is Cn1c2c(c3cc(F)ccc31)CN(C(=O)Nc1ccccc1F)CC2. The highest BCUT2D eigenvalue weighted by Gasteiger charge is 2.26. The molecule has 1 aliphatic heterocycles. The van der Waals surface area contributed by atoms with E-state index in [-0.39, 0.29) is 17.5 Å². The maximum Gasteiger partial charge on any atom is 0.322 e. The van der Waals surface area contributed by atoms with Crippen LogP contribution < -0.4 is 5.32 Å². The standard InChI is InChI=1S/C19H17F2N3O/c1-23-17-7-6-12(20)10-13(17)14-11-24(9-8-18(14)23)19(25)22-16-5-3-2-4-15(16)21/h2-7,10H,8-9,11H2,1H3,(H,22,25). The van der Waals surface area contributed by atoms with Gasteiger partial charge in [-0.15, -0.1) is 0 Å². The molecule has 0 saturated carbocycles. The number of hydrogen-bond donors (Lipinski definition) is 1. The van der Waals surface area contributed by atoms with E-state index >= 15 is 0 Å². The van der Waals surface area contributed by atoms with Crippen LogP contribution in [0, 0.1) is 11.6 Å². The second-order valence-corrected chi connectivity index (χ2v) is 6.23. The average Bonchev–Trinajstić information content (AvgIpc) is 2.88. The van der Waals surface area contributed by atoms with Gasteiger partial charge in [0.1, 0.15) is 11.6 Å². The number of carbonyl (C=O) groups excluding carboxylic acids is 1. The van der Waals surface area contributed by atoms with Crippen LogP contribution in [0.2, 0.25) is 0 Å². The molecule has 0 atom stereocenters. The summed E-state index contributed by atoms with van der Waals surface area (Å²) in [4.78, 5) is 14.1. The van der Waals surface area contributed by atoms with E-state index in [1.165, 1.54) is 24.3 Å². The lowest BCUT2D eigenvalue weighted by Crippen LogP contribution is -2.39. The van der Waals surface area contributed by atoms with Crippen LogP contribution in [-0.4, -0.2) is 22.0 Å². The summed E-state index contributed by atoms with van der Waals surface area (Å²) in [5.74, 6) is -0.769. The molecule has 3 aromatic rings. The minimum Gasteiger partial charge on any atom is -0.347 e. The first-order chi connectivity index (χ1) is 12.0. The van der Waals surface area contributed by atoms with Crippen LogP contribution in [0.25, 0.3) is 10.9 Å². The monoisotopic (exact) mass is 341 g/mol. The summed E-state index contributed by atoms with van der Waals surface area (Å²) in [7, 11) is 1.95. The summed E-state index contributed by atoms with van der Waals surface area (Å²) in [6.07, 6.45) is 0.673. The van der Waals surface area contributed by atoms with Gasteiger partial charge in [0.15, 0.2) is 0 Å². The summed E-state index contributed by atoms with van der Waals surface area (Å²) >= 11 is 0. The Balaban J connectivity index is 1.63. The maximum atomic E-state index is 13.7. The van der Waals surface area contributed by atoms with Crippen LogP contribution in [0.15, 0.2) is 42.5 Å². The summed E-state index contributed by atoms with van der Waals surface area (Å²) in [5.41, 5.74) is 3.16. The number of hydrogen-bond acceptors (Lipinski definition) is 1. The van der Waals surface area contributed by atoms with Crippen molar-refractivity contribution < 1.29 is 13.6 Å². The highest BCUT2D eigenvalue weighted by Crippen LogP contribution is 2.31. The normalized spacial score (nSPS) is 13.8. The fourth-order valence-electron chi connectivity index (χ4n) is 3.48. The molecular weight excluding hydrogens is 324 g/mol. The Labute approximate surface area is 143 Å². The lowest BCUT2D eigenvalue weighted by molar-refractivity contribution is 0.206. The average molecular weight is 341 g/mol. The van der Waals surface area contributed by atoms with Gasteiger partial charge in [0, 0.05) is 48.7 Å². The Morgan fingerprint density at radius 3 is 2.76 bits per heavy atom. The molecule has 2 amide bonds. The number of fused-ring (bicyclic) bond motifs is 3. The number of anilines is 1. The minimum atomic E-state index is -0.471. The predicted molar refractivity (Wildman–Crippen MR) is 92.4 cm³/mol. The molecule has 2 heterocycles. The molecule has 4 nitrogen and oxygen atoms in total. The van der Waals surface area contributed by atoms with Crippen LogP contribution in [0.3, 0.4) is 0 Å². The van der Waals surface area contributed by atoms with Crippen molar-refractivity contribution >= 4 is 22.6 Å². The lowest BCUT2D eigenvalue weighted by atomic mass is 10.0. The molecule has 128 valence electrons. The van der Waals surface area contributed by atoms with Gasteiger partial charge in [-0.1, -0.05) is 12.1 Å². The van der Waals surface area contributed by atoms with Gasteiger partial charge >= 0.3 is 6.03 Å². The Morgan fingerprint density at radius 2 is 1.96 bits per heavy atom. The fourth-order valence-corrected chi connectivity index (χ4v) is 3.48. The van der Waals surface area contributed by atoms with Crippen molar-refractivity contribution in [3.05, 3.63) is 65.4 Å². The zero-order valence-electron chi connectivity index (χ0n) is 13.7. The van der Waals surface area contributed by atoms with Gasteiger partial charge in [-0.2, -0.15) is 0 Å². The third-order valence-electron chi connectivity index (χ3n) is 4.77. The zero-order valence-corrected chi connectivity index (χ0v) is 13.7. The van der Waals surface area contributed by atoms with Crippen LogP contribution in [-0.2, 0) is 20.0 Å². The Bertz CT molecular complexity index is 980. The Hall–Kier alpha value is -2.89. The van der Waals surface area contributed by atoms with Crippen molar-refractivity contribution in [2.24, 2.45) is 7.05 Å². The van der Waals surface area contributed by atoms with Gasteiger partial charge in [0.05, 0.1) is 5.69 Å². The van der Waals surface area contributed by atoms with E-state index in [1.54, 1.807) is 23.1 Å². The summed E-state index contributed by atoms with van der Waals surface area (Å²) in [6.45, 7) is 0.899. The highest BCUT2D eigenvalue weighted by atomic mass is 19.1. The van der Waals surface area contributed by atoms with E-state index < -0.39 is 5.82 Å². The van der Waals surface area contributed by atoms with Crippen molar-refractivity contribution in [3.63, 3.8) is 0 Å². The van der Waals surface area contributed by atoms with E-state index in [0.29, 0.717) is 19.5 Å². The first-order valence-electron chi connectivity index (χ1n) is 8.11. The first kappa shape index (κ1) is 15.6. The summed E-state index contributed by atoms with van der Waals surface area (Å²) in [6, 6.07) is 10.4. The molecule has 2 aromatic carbocycles. The van der Waals surface area contributed by atoms with Gasteiger partial charge in [-0.3, -0.25) is 0 Å². The number of benzene rings is 2. The van der Waals surface area contributed by atoms with E-state index in [1.807, 2.05) is 7.05 Å². The van der Waals surface area contributed by atoms with Gasteiger partial charge in [-0.05, 0) is 30.3 Å². The molecule has 0 radical (unpaired) electrons. The fraction of sp³-hybridized carbons (Fsp3) is 0.211. The smallest absolute Gasteiger partial charge is 0.322 e.